The van der Waals surface area contributed by atoms with Gasteiger partial charge in [-0.15, -0.1) is 0 Å². The summed E-state index contributed by atoms with van der Waals surface area (Å²) in [5, 5.41) is 0. The highest BCUT2D eigenvalue weighted by Crippen LogP contribution is 2.27. The van der Waals surface area contributed by atoms with E-state index in [9.17, 15) is 4.79 Å². The van der Waals surface area contributed by atoms with Gasteiger partial charge in [0, 0.05) is 25.7 Å². The lowest BCUT2D eigenvalue weighted by atomic mass is 9.86. The molecule has 1 aromatic rings. The molecule has 2 rings (SSSR count). The highest BCUT2D eigenvalue weighted by atomic mass is 16.2. The van der Waals surface area contributed by atoms with Gasteiger partial charge in [0.1, 0.15) is 0 Å². The van der Waals surface area contributed by atoms with Crippen molar-refractivity contribution in [2.75, 3.05) is 27.2 Å². The van der Waals surface area contributed by atoms with Crippen LogP contribution < -0.4 is 0 Å². The number of H-pyrrole nitrogens is 1. The average molecular weight is 292 g/mol. The first kappa shape index (κ1) is 16.0. The van der Waals surface area contributed by atoms with Gasteiger partial charge >= 0.3 is 0 Å². The minimum absolute atomic E-state index is 0.290. The number of hydrogen-bond donors (Lipinski definition) is 1. The second-order valence-electron chi connectivity index (χ2n) is 6.40. The number of imidazole rings is 1. The topological polar surface area (TPSA) is 52.2 Å². The number of aromatic nitrogens is 2. The van der Waals surface area contributed by atoms with Crippen LogP contribution in [0, 0.1) is 5.92 Å². The molecule has 1 aromatic heterocycles. The fourth-order valence-corrected chi connectivity index (χ4v) is 2.96. The molecule has 0 atom stereocenters. The van der Waals surface area contributed by atoms with Crippen LogP contribution in [0.1, 0.15) is 44.2 Å². The second kappa shape index (κ2) is 8.17. The van der Waals surface area contributed by atoms with Crippen LogP contribution in [0.15, 0.2) is 12.5 Å². The molecule has 0 unspecified atom stereocenters. The van der Waals surface area contributed by atoms with Crippen molar-refractivity contribution >= 4 is 5.91 Å². The molecular weight excluding hydrogens is 264 g/mol. The van der Waals surface area contributed by atoms with E-state index in [0.29, 0.717) is 24.8 Å². The highest BCUT2D eigenvalue weighted by Gasteiger charge is 2.21. The summed E-state index contributed by atoms with van der Waals surface area (Å²) in [6.07, 6.45) is 10.5. The number of carbonyl (C=O) groups is 1. The van der Waals surface area contributed by atoms with Gasteiger partial charge < -0.3 is 14.8 Å². The van der Waals surface area contributed by atoms with Crippen molar-refractivity contribution in [3.63, 3.8) is 0 Å². The molecule has 0 aromatic carbocycles. The van der Waals surface area contributed by atoms with E-state index in [4.69, 9.17) is 0 Å². The zero-order valence-corrected chi connectivity index (χ0v) is 13.3. The van der Waals surface area contributed by atoms with Gasteiger partial charge in [-0.25, -0.2) is 4.98 Å². The third kappa shape index (κ3) is 5.50. The minimum atomic E-state index is 0.290. The average Bonchev–Trinajstić information content (AvgIpc) is 2.97. The number of aromatic amines is 1. The van der Waals surface area contributed by atoms with Crippen molar-refractivity contribution < 1.29 is 4.79 Å². The summed E-state index contributed by atoms with van der Waals surface area (Å²) >= 11 is 0. The molecule has 1 fully saturated rings. The van der Waals surface area contributed by atoms with E-state index >= 15 is 0 Å². The van der Waals surface area contributed by atoms with Crippen molar-refractivity contribution in [3.05, 3.63) is 18.2 Å². The minimum Gasteiger partial charge on any atom is -0.347 e. The third-order valence-electron chi connectivity index (χ3n) is 4.27. The Morgan fingerprint density at radius 1 is 1.29 bits per heavy atom. The summed E-state index contributed by atoms with van der Waals surface area (Å²) in [6, 6.07) is 0. The molecule has 5 nitrogen and oxygen atoms in total. The van der Waals surface area contributed by atoms with E-state index in [2.05, 4.69) is 14.9 Å². The number of likely N-dealkylation sites (N-methyl/N-ethyl adjacent to an activating group) is 1. The monoisotopic (exact) mass is 292 g/mol. The largest absolute Gasteiger partial charge is 0.347 e. The summed E-state index contributed by atoms with van der Waals surface area (Å²) < 4.78 is 0. The molecule has 0 spiro atoms. The Morgan fingerprint density at radius 3 is 2.67 bits per heavy atom. The van der Waals surface area contributed by atoms with Crippen LogP contribution >= 0.6 is 0 Å². The molecule has 1 aliphatic rings. The van der Waals surface area contributed by atoms with Gasteiger partial charge in [0.05, 0.1) is 18.6 Å². The van der Waals surface area contributed by atoms with E-state index in [0.717, 1.165) is 18.8 Å². The van der Waals surface area contributed by atoms with Gasteiger partial charge in [0.15, 0.2) is 0 Å². The van der Waals surface area contributed by atoms with Gasteiger partial charge in [0.2, 0.25) is 5.91 Å². The number of nitrogens with one attached hydrogen (secondary N) is 1. The van der Waals surface area contributed by atoms with E-state index < -0.39 is 0 Å². The molecule has 1 amide bonds. The molecular formula is C16H28N4O. The number of hydrogen-bond acceptors (Lipinski definition) is 3. The maximum Gasteiger partial charge on any atom is 0.223 e. The van der Waals surface area contributed by atoms with Crippen LogP contribution in [0.3, 0.4) is 0 Å². The quantitative estimate of drug-likeness (QED) is 0.839. The van der Waals surface area contributed by atoms with Gasteiger partial charge in [0.25, 0.3) is 0 Å². The summed E-state index contributed by atoms with van der Waals surface area (Å²) in [5.41, 5.74) is 1.01. The van der Waals surface area contributed by atoms with Crippen molar-refractivity contribution in [3.8, 4) is 0 Å². The normalized spacial score (nSPS) is 16.3. The van der Waals surface area contributed by atoms with Gasteiger partial charge in [-0.3, -0.25) is 4.79 Å². The Bertz CT molecular complexity index is 410. The molecule has 1 saturated carbocycles. The van der Waals surface area contributed by atoms with Crippen molar-refractivity contribution in [2.24, 2.45) is 5.92 Å². The molecule has 0 saturated heterocycles. The van der Waals surface area contributed by atoms with Crippen molar-refractivity contribution in [1.29, 1.82) is 0 Å². The third-order valence-corrected chi connectivity index (χ3v) is 4.27. The number of nitrogens with zero attached hydrogens (tertiary/aromatic N) is 3. The molecule has 21 heavy (non-hydrogen) atoms. The fraction of sp³-hybridized carbons (Fsp3) is 0.750. The Morgan fingerprint density at radius 2 is 2.05 bits per heavy atom. The second-order valence-corrected chi connectivity index (χ2v) is 6.40. The maximum absolute atomic E-state index is 12.6. The lowest BCUT2D eigenvalue weighted by Crippen LogP contribution is -2.37. The van der Waals surface area contributed by atoms with Gasteiger partial charge in [-0.1, -0.05) is 19.3 Å². The summed E-state index contributed by atoms with van der Waals surface area (Å²) in [4.78, 5) is 23.9. The van der Waals surface area contributed by atoms with Gasteiger partial charge in [-0.2, -0.15) is 0 Å². The molecule has 1 aliphatic carbocycles. The van der Waals surface area contributed by atoms with Crippen LogP contribution in [0.25, 0.3) is 0 Å². The summed E-state index contributed by atoms with van der Waals surface area (Å²) in [7, 11) is 4.08. The molecule has 0 aliphatic heterocycles. The molecule has 1 heterocycles. The van der Waals surface area contributed by atoms with Crippen LogP contribution in [-0.2, 0) is 11.3 Å². The summed E-state index contributed by atoms with van der Waals surface area (Å²) in [6.45, 7) is 2.31. The Kier molecular flexibility index (Phi) is 6.23. The Labute approximate surface area is 127 Å². The lowest BCUT2D eigenvalue weighted by Gasteiger charge is -2.27. The zero-order chi connectivity index (χ0) is 15.1. The van der Waals surface area contributed by atoms with Crippen LogP contribution in [0.2, 0.25) is 0 Å². The fourth-order valence-electron chi connectivity index (χ4n) is 2.96. The SMILES string of the molecule is CN(C)CCN(Cc1cnc[nH]1)C(=O)CC1CCCCC1. The molecule has 5 heteroatoms. The number of carbonyl (C=O) groups excluding carboxylic acids is 1. The van der Waals surface area contributed by atoms with Crippen molar-refractivity contribution in [2.45, 2.75) is 45.1 Å². The molecule has 0 radical (unpaired) electrons. The van der Waals surface area contributed by atoms with E-state index in [1.807, 2.05) is 19.0 Å². The first-order chi connectivity index (χ1) is 10.1. The lowest BCUT2D eigenvalue weighted by molar-refractivity contribution is -0.133. The smallest absolute Gasteiger partial charge is 0.223 e. The van der Waals surface area contributed by atoms with E-state index in [1.165, 1.54) is 32.1 Å². The van der Waals surface area contributed by atoms with Crippen molar-refractivity contribution in [1.82, 2.24) is 19.8 Å². The summed E-state index contributed by atoms with van der Waals surface area (Å²) in [5.74, 6) is 0.883. The van der Waals surface area contributed by atoms with Crippen LogP contribution in [0.5, 0.6) is 0 Å². The van der Waals surface area contributed by atoms with Crippen LogP contribution in [0.4, 0.5) is 0 Å². The first-order valence-electron chi connectivity index (χ1n) is 8.05. The Balaban J connectivity index is 1.90. The highest BCUT2D eigenvalue weighted by molar-refractivity contribution is 5.76. The number of rotatable bonds is 7. The first-order valence-corrected chi connectivity index (χ1v) is 8.05. The standard InChI is InChI=1S/C16H28N4O/c1-19(2)8-9-20(12-15-11-17-13-18-15)16(21)10-14-6-4-3-5-7-14/h11,13-14H,3-10,12H2,1-2H3,(H,17,18). The zero-order valence-electron chi connectivity index (χ0n) is 13.3. The predicted molar refractivity (Wildman–Crippen MR) is 83.8 cm³/mol. The maximum atomic E-state index is 12.6. The molecule has 118 valence electrons. The van der Waals surface area contributed by atoms with E-state index in [1.54, 1.807) is 12.5 Å². The molecule has 0 bridgehead atoms. The predicted octanol–water partition coefficient (Wildman–Crippen LogP) is 2.27. The number of amides is 1. The molecule has 1 N–H and O–H groups in total. The van der Waals surface area contributed by atoms with Crippen LogP contribution in [-0.4, -0.2) is 52.9 Å². The van der Waals surface area contributed by atoms with Gasteiger partial charge in [-0.05, 0) is 32.9 Å². The Hall–Kier alpha value is -1.36. The van der Waals surface area contributed by atoms with E-state index in [-0.39, 0.29) is 0 Å².